The van der Waals surface area contributed by atoms with E-state index in [4.69, 9.17) is 23.2 Å². The van der Waals surface area contributed by atoms with E-state index >= 15 is 0 Å². The molecule has 118 valence electrons. The third kappa shape index (κ3) is 3.50. The van der Waals surface area contributed by atoms with Gasteiger partial charge in [0.1, 0.15) is 0 Å². The van der Waals surface area contributed by atoms with Crippen molar-refractivity contribution in [3.63, 3.8) is 0 Å². The van der Waals surface area contributed by atoms with Crippen molar-refractivity contribution >= 4 is 46.4 Å². The highest BCUT2D eigenvalue weighted by molar-refractivity contribution is 6.42. The van der Waals surface area contributed by atoms with Crippen LogP contribution in [0.15, 0.2) is 18.2 Å². The molecule has 0 unspecified atom stereocenters. The second-order valence-corrected chi connectivity index (χ2v) is 6.82. The highest BCUT2D eigenvalue weighted by Gasteiger charge is 2.44. The quantitative estimate of drug-likeness (QED) is 0.848. The molecule has 2 rings (SSSR count). The second kappa shape index (κ2) is 6.39. The fourth-order valence-corrected chi connectivity index (χ4v) is 2.92. The van der Waals surface area contributed by atoms with Crippen molar-refractivity contribution in [1.82, 2.24) is 0 Å². The summed E-state index contributed by atoms with van der Waals surface area (Å²) in [7, 11) is 0. The molecular formula is C16H17Cl2NO3. The Morgan fingerprint density at radius 2 is 1.82 bits per heavy atom. The van der Waals surface area contributed by atoms with Gasteiger partial charge in [-0.05, 0) is 30.0 Å². The van der Waals surface area contributed by atoms with Crippen LogP contribution in [0.1, 0.15) is 33.1 Å². The monoisotopic (exact) mass is 341 g/mol. The van der Waals surface area contributed by atoms with Crippen LogP contribution in [0.5, 0.6) is 0 Å². The Kier molecular flexibility index (Phi) is 4.93. The van der Waals surface area contributed by atoms with Gasteiger partial charge in [-0.2, -0.15) is 0 Å². The fraction of sp³-hybridized carbons (Fsp3) is 0.438. The van der Waals surface area contributed by atoms with Crippen LogP contribution in [0, 0.1) is 11.3 Å². The van der Waals surface area contributed by atoms with Gasteiger partial charge in [-0.25, -0.2) is 0 Å². The van der Waals surface area contributed by atoms with E-state index in [9.17, 15) is 14.4 Å². The van der Waals surface area contributed by atoms with Gasteiger partial charge in [0, 0.05) is 18.5 Å². The van der Waals surface area contributed by atoms with E-state index in [1.54, 1.807) is 6.07 Å². The summed E-state index contributed by atoms with van der Waals surface area (Å²) in [6, 6.07) is 4.59. The van der Waals surface area contributed by atoms with E-state index in [1.165, 1.54) is 12.1 Å². The van der Waals surface area contributed by atoms with Crippen LogP contribution in [0.3, 0.4) is 0 Å². The van der Waals surface area contributed by atoms with Crippen molar-refractivity contribution in [3.05, 3.63) is 28.2 Å². The molecule has 1 saturated carbocycles. The number of ketones is 2. The van der Waals surface area contributed by atoms with E-state index in [2.05, 4.69) is 5.32 Å². The molecule has 1 amide bonds. The Hall–Kier alpha value is -1.39. The summed E-state index contributed by atoms with van der Waals surface area (Å²) in [5.74, 6) is -2.48. The summed E-state index contributed by atoms with van der Waals surface area (Å²) in [6.07, 6.45) is 1.22. The Morgan fingerprint density at radius 3 is 2.32 bits per heavy atom. The molecule has 1 aromatic rings. The summed E-state index contributed by atoms with van der Waals surface area (Å²) in [5.41, 5.74) is 0.0676. The molecule has 0 aromatic heterocycles. The first-order valence-electron chi connectivity index (χ1n) is 7.07. The lowest BCUT2D eigenvalue weighted by Crippen LogP contribution is -2.44. The molecule has 1 fully saturated rings. The number of halogens is 2. The van der Waals surface area contributed by atoms with Crippen molar-refractivity contribution in [2.45, 2.75) is 33.1 Å². The number of rotatable bonds is 3. The summed E-state index contributed by atoms with van der Waals surface area (Å²) in [6.45, 7) is 3.84. The predicted molar refractivity (Wildman–Crippen MR) is 86.2 cm³/mol. The standard InChI is InChI=1S/C16H17Cl2NO3/c1-3-16(2)7-12(20)14(13(21)8-16)15(22)19-9-4-5-10(17)11(18)6-9/h4-6,14H,3,7-8H2,1-2H3,(H,19,22). The Labute approximate surface area is 139 Å². The van der Waals surface area contributed by atoms with Crippen LogP contribution < -0.4 is 5.32 Å². The second-order valence-electron chi connectivity index (χ2n) is 6.00. The van der Waals surface area contributed by atoms with Crippen molar-refractivity contribution in [3.8, 4) is 0 Å². The lowest BCUT2D eigenvalue weighted by Gasteiger charge is -2.33. The number of anilines is 1. The maximum atomic E-state index is 12.3. The molecule has 1 aromatic carbocycles. The first-order valence-corrected chi connectivity index (χ1v) is 7.83. The van der Waals surface area contributed by atoms with Gasteiger partial charge in [-0.3, -0.25) is 14.4 Å². The number of carbonyl (C=O) groups is 3. The highest BCUT2D eigenvalue weighted by atomic mass is 35.5. The minimum atomic E-state index is -1.23. The lowest BCUT2D eigenvalue weighted by molar-refractivity contribution is -0.144. The number of amides is 1. The number of Topliss-reactive ketones (excluding diaryl/α,β-unsaturated/α-hetero) is 2. The molecule has 0 aliphatic heterocycles. The van der Waals surface area contributed by atoms with Crippen LogP contribution in [-0.4, -0.2) is 17.5 Å². The van der Waals surface area contributed by atoms with Gasteiger partial charge >= 0.3 is 0 Å². The van der Waals surface area contributed by atoms with Gasteiger partial charge < -0.3 is 5.32 Å². The van der Waals surface area contributed by atoms with E-state index < -0.39 is 11.8 Å². The van der Waals surface area contributed by atoms with Crippen LogP contribution in [0.25, 0.3) is 0 Å². The molecule has 1 aliphatic carbocycles. The molecule has 22 heavy (non-hydrogen) atoms. The number of nitrogens with one attached hydrogen (secondary N) is 1. The zero-order valence-electron chi connectivity index (χ0n) is 12.4. The molecule has 0 spiro atoms. The van der Waals surface area contributed by atoms with E-state index in [1.807, 2.05) is 13.8 Å². The third-order valence-electron chi connectivity index (χ3n) is 4.15. The van der Waals surface area contributed by atoms with Crippen molar-refractivity contribution in [1.29, 1.82) is 0 Å². The minimum Gasteiger partial charge on any atom is -0.325 e. The normalized spacial score (nSPS) is 25.2. The molecule has 0 heterocycles. The smallest absolute Gasteiger partial charge is 0.242 e. The van der Waals surface area contributed by atoms with Gasteiger partial charge in [0.05, 0.1) is 10.0 Å². The maximum Gasteiger partial charge on any atom is 0.242 e. The summed E-state index contributed by atoms with van der Waals surface area (Å²) >= 11 is 11.7. The molecule has 0 radical (unpaired) electrons. The fourth-order valence-electron chi connectivity index (χ4n) is 2.62. The first-order chi connectivity index (χ1) is 10.3. The average molecular weight is 342 g/mol. The summed E-state index contributed by atoms with van der Waals surface area (Å²) < 4.78 is 0. The number of benzene rings is 1. The molecule has 1 aliphatic rings. The third-order valence-corrected chi connectivity index (χ3v) is 4.89. The topological polar surface area (TPSA) is 63.2 Å². The molecule has 0 bridgehead atoms. The zero-order valence-corrected chi connectivity index (χ0v) is 13.9. The van der Waals surface area contributed by atoms with Crippen molar-refractivity contribution in [2.75, 3.05) is 5.32 Å². The van der Waals surface area contributed by atoms with Gasteiger partial charge in [-0.1, -0.05) is 37.0 Å². The molecular weight excluding hydrogens is 325 g/mol. The van der Waals surface area contributed by atoms with Crippen LogP contribution in [0.4, 0.5) is 5.69 Å². The summed E-state index contributed by atoms with van der Waals surface area (Å²) in [4.78, 5) is 36.7. The zero-order chi connectivity index (χ0) is 16.5. The highest BCUT2D eigenvalue weighted by Crippen LogP contribution is 2.37. The van der Waals surface area contributed by atoms with Crippen molar-refractivity contribution in [2.24, 2.45) is 11.3 Å². The molecule has 6 heteroatoms. The largest absolute Gasteiger partial charge is 0.325 e. The number of hydrogen-bond acceptors (Lipinski definition) is 3. The molecule has 1 N–H and O–H groups in total. The predicted octanol–water partition coefficient (Wildman–Crippen LogP) is 3.90. The Bertz CT molecular complexity index is 624. The van der Waals surface area contributed by atoms with Crippen LogP contribution in [0.2, 0.25) is 10.0 Å². The molecule has 4 nitrogen and oxygen atoms in total. The number of hydrogen-bond donors (Lipinski definition) is 1. The average Bonchev–Trinajstić information content (AvgIpc) is 2.42. The van der Waals surface area contributed by atoms with Gasteiger partial charge in [0.25, 0.3) is 0 Å². The van der Waals surface area contributed by atoms with Gasteiger partial charge in [-0.15, -0.1) is 0 Å². The first kappa shape index (κ1) is 17.0. The Morgan fingerprint density at radius 1 is 1.23 bits per heavy atom. The van der Waals surface area contributed by atoms with Gasteiger partial charge in [0.2, 0.25) is 5.91 Å². The SMILES string of the molecule is CCC1(C)CC(=O)C(C(=O)Nc2ccc(Cl)c(Cl)c2)C(=O)C1. The maximum absolute atomic E-state index is 12.3. The minimum absolute atomic E-state index is 0.245. The van der Waals surface area contributed by atoms with Gasteiger partial charge in [0.15, 0.2) is 17.5 Å². The van der Waals surface area contributed by atoms with E-state index in [-0.39, 0.29) is 29.8 Å². The molecule has 0 atom stereocenters. The van der Waals surface area contributed by atoms with Crippen LogP contribution in [-0.2, 0) is 14.4 Å². The Balaban J connectivity index is 2.14. The van der Waals surface area contributed by atoms with Crippen LogP contribution >= 0.6 is 23.2 Å². The van der Waals surface area contributed by atoms with Crippen molar-refractivity contribution < 1.29 is 14.4 Å². The molecule has 0 saturated heterocycles. The lowest BCUT2D eigenvalue weighted by atomic mass is 9.68. The van der Waals surface area contributed by atoms with E-state index in [0.717, 1.165) is 6.42 Å². The summed E-state index contributed by atoms with van der Waals surface area (Å²) in [5, 5.41) is 3.22. The van der Waals surface area contributed by atoms with E-state index in [0.29, 0.717) is 15.7 Å². The number of carbonyl (C=O) groups excluding carboxylic acids is 3.